The van der Waals surface area contributed by atoms with E-state index in [9.17, 15) is 4.79 Å². The van der Waals surface area contributed by atoms with Gasteiger partial charge in [-0.2, -0.15) is 0 Å². The summed E-state index contributed by atoms with van der Waals surface area (Å²) in [7, 11) is 0. The molecule has 4 nitrogen and oxygen atoms in total. The molecular formula is C18H22N2O2. The fourth-order valence-corrected chi connectivity index (χ4v) is 3.06. The summed E-state index contributed by atoms with van der Waals surface area (Å²) in [5.74, 6) is 1.00. The van der Waals surface area contributed by atoms with E-state index in [0.29, 0.717) is 13.0 Å². The van der Waals surface area contributed by atoms with Crippen molar-refractivity contribution < 1.29 is 9.21 Å². The van der Waals surface area contributed by atoms with Crippen LogP contribution in [0.3, 0.4) is 0 Å². The van der Waals surface area contributed by atoms with Crippen molar-refractivity contribution in [3.8, 4) is 0 Å². The number of carbonyl (C=O) groups excluding carboxylic acids is 1. The van der Waals surface area contributed by atoms with Gasteiger partial charge in [-0.25, -0.2) is 0 Å². The van der Waals surface area contributed by atoms with E-state index in [1.807, 2.05) is 19.1 Å². The van der Waals surface area contributed by atoms with E-state index in [1.54, 1.807) is 6.26 Å². The summed E-state index contributed by atoms with van der Waals surface area (Å²) in [6.45, 7) is 3.54. The molecular weight excluding hydrogens is 276 g/mol. The number of rotatable bonds is 6. The molecule has 1 N–H and O–H groups in total. The Balaban J connectivity index is 1.80. The summed E-state index contributed by atoms with van der Waals surface area (Å²) in [5.41, 5.74) is 2.60. The number of para-hydroxylation sites is 1. The third-order valence-corrected chi connectivity index (χ3v) is 4.14. The molecule has 3 rings (SSSR count). The Labute approximate surface area is 131 Å². The Morgan fingerprint density at radius 3 is 2.95 bits per heavy atom. The first kappa shape index (κ1) is 14.7. The molecule has 0 spiro atoms. The van der Waals surface area contributed by atoms with Crippen LogP contribution in [-0.2, 0) is 11.2 Å². The van der Waals surface area contributed by atoms with Crippen molar-refractivity contribution in [3.63, 3.8) is 0 Å². The maximum atomic E-state index is 11.8. The molecule has 22 heavy (non-hydrogen) atoms. The van der Waals surface area contributed by atoms with Gasteiger partial charge in [-0.05, 0) is 36.6 Å². The van der Waals surface area contributed by atoms with Crippen molar-refractivity contribution in [2.24, 2.45) is 0 Å². The zero-order valence-electron chi connectivity index (χ0n) is 12.9. The van der Waals surface area contributed by atoms with Crippen molar-refractivity contribution in [2.45, 2.75) is 32.2 Å². The average molecular weight is 298 g/mol. The molecule has 0 radical (unpaired) electrons. The molecule has 1 unspecified atom stereocenters. The minimum absolute atomic E-state index is 0.0412. The summed E-state index contributed by atoms with van der Waals surface area (Å²) < 4.78 is 5.62. The number of furan rings is 1. The number of carbonyl (C=O) groups is 1. The lowest BCUT2D eigenvalue weighted by Gasteiger charge is -2.29. The molecule has 116 valence electrons. The van der Waals surface area contributed by atoms with Gasteiger partial charge in [0.25, 0.3) is 0 Å². The Kier molecular flexibility index (Phi) is 4.47. The van der Waals surface area contributed by atoms with Gasteiger partial charge in [0, 0.05) is 25.2 Å². The zero-order valence-corrected chi connectivity index (χ0v) is 12.9. The van der Waals surface area contributed by atoms with Crippen LogP contribution >= 0.6 is 0 Å². The van der Waals surface area contributed by atoms with E-state index in [4.69, 9.17) is 4.42 Å². The molecule has 1 amide bonds. The highest BCUT2D eigenvalue weighted by molar-refractivity contribution is 5.76. The Morgan fingerprint density at radius 1 is 1.32 bits per heavy atom. The number of hydrogen-bond donors (Lipinski definition) is 1. The van der Waals surface area contributed by atoms with Gasteiger partial charge in [-0.3, -0.25) is 4.79 Å². The number of nitrogens with zero attached hydrogens (tertiary/aromatic N) is 1. The molecule has 1 atom stereocenters. The maximum Gasteiger partial charge on any atom is 0.220 e. The number of nitrogens with one attached hydrogen (secondary N) is 1. The molecule has 4 heteroatoms. The van der Waals surface area contributed by atoms with Crippen molar-refractivity contribution in [1.82, 2.24) is 5.32 Å². The summed E-state index contributed by atoms with van der Waals surface area (Å²) >= 11 is 0. The van der Waals surface area contributed by atoms with E-state index in [0.717, 1.165) is 25.1 Å². The highest BCUT2D eigenvalue weighted by Crippen LogP contribution is 2.34. The number of hydrogen-bond acceptors (Lipinski definition) is 3. The number of fused-ring (bicyclic) bond motifs is 1. The number of amides is 1. The fraction of sp³-hybridized carbons (Fsp3) is 0.389. The van der Waals surface area contributed by atoms with E-state index in [1.165, 1.54) is 11.3 Å². The van der Waals surface area contributed by atoms with Gasteiger partial charge in [-0.15, -0.1) is 0 Å². The molecule has 1 aromatic heterocycles. The van der Waals surface area contributed by atoms with E-state index < -0.39 is 0 Å². The van der Waals surface area contributed by atoms with Gasteiger partial charge in [0.1, 0.15) is 11.8 Å². The van der Waals surface area contributed by atoms with Crippen LogP contribution in [0.15, 0.2) is 47.1 Å². The van der Waals surface area contributed by atoms with Gasteiger partial charge >= 0.3 is 0 Å². The second-order valence-corrected chi connectivity index (χ2v) is 5.66. The van der Waals surface area contributed by atoms with Crippen LogP contribution in [0.4, 0.5) is 5.69 Å². The zero-order chi connectivity index (χ0) is 15.4. The fourth-order valence-electron chi connectivity index (χ4n) is 3.06. The standard InChI is InChI=1S/C18H22N2O2/c1-2-6-18(21)19-13-16(17-9-5-12-22-17)20-11-10-14-7-3-4-8-15(14)20/h3-5,7-9,12,16H,2,6,10-11,13H2,1H3,(H,19,21). The van der Waals surface area contributed by atoms with Gasteiger partial charge in [0.2, 0.25) is 5.91 Å². The molecule has 1 aliphatic heterocycles. The van der Waals surface area contributed by atoms with Gasteiger partial charge in [0.05, 0.1) is 6.26 Å². The lowest BCUT2D eigenvalue weighted by molar-refractivity contribution is -0.121. The Morgan fingerprint density at radius 2 is 2.18 bits per heavy atom. The summed E-state index contributed by atoms with van der Waals surface area (Å²) in [4.78, 5) is 14.2. The normalized spacial score (nSPS) is 14.7. The van der Waals surface area contributed by atoms with Crippen molar-refractivity contribution in [3.05, 3.63) is 54.0 Å². The van der Waals surface area contributed by atoms with E-state index in [2.05, 4.69) is 34.5 Å². The van der Waals surface area contributed by atoms with Crippen molar-refractivity contribution >= 4 is 11.6 Å². The van der Waals surface area contributed by atoms with Crippen LogP contribution in [0.25, 0.3) is 0 Å². The first-order chi connectivity index (χ1) is 10.8. The molecule has 1 aliphatic rings. The summed E-state index contributed by atoms with van der Waals surface area (Å²) in [5, 5.41) is 3.04. The highest BCUT2D eigenvalue weighted by Gasteiger charge is 2.28. The second kappa shape index (κ2) is 6.69. The Hall–Kier alpha value is -2.23. The largest absolute Gasteiger partial charge is 0.467 e. The molecule has 2 aromatic rings. The smallest absolute Gasteiger partial charge is 0.220 e. The molecule has 2 heterocycles. The van der Waals surface area contributed by atoms with E-state index >= 15 is 0 Å². The summed E-state index contributed by atoms with van der Waals surface area (Å²) in [6, 6.07) is 12.4. The minimum Gasteiger partial charge on any atom is -0.467 e. The first-order valence-electron chi connectivity index (χ1n) is 7.94. The topological polar surface area (TPSA) is 45.5 Å². The third-order valence-electron chi connectivity index (χ3n) is 4.14. The van der Waals surface area contributed by atoms with Crippen molar-refractivity contribution in [1.29, 1.82) is 0 Å². The number of anilines is 1. The van der Waals surface area contributed by atoms with Gasteiger partial charge in [-0.1, -0.05) is 25.1 Å². The lowest BCUT2D eigenvalue weighted by atomic mass is 10.1. The van der Waals surface area contributed by atoms with Crippen LogP contribution in [-0.4, -0.2) is 19.0 Å². The average Bonchev–Trinajstić information content (AvgIpc) is 3.18. The first-order valence-corrected chi connectivity index (χ1v) is 7.94. The van der Waals surface area contributed by atoms with Crippen LogP contribution in [0, 0.1) is 0 Å². The molecule has 0 fully saturated rings. The van der Waals surface area contributed by atoms with Crippen LogP contribution in [0.5, 0.6) is 0 Å². The molecule has 1 aromatic carbocycles. The van der Waals surface area contributed by atoms with Gasteiger partial charge in [0.15, 0.2) is 0 Å². The minimum atomic E-state index is 0.0412. The Bertz CT molecular complexity index is 622. The van der Waals surface area contributed by atoms with E-state index in [-0.39, 0.29) is 11.9 Å². The maximum absolute atomic E-state index is 11.8. The molecule has 0 aliphatic carbocycles. The molecule has 0 saturated heterocycles. The predicted octanol–water partition coefficient (Wildman–Crippen LogP) is 3.30. The van der Waals surface area contributed by atoms with Gasteiger partial charge < -0.3 is 14.6 Å². The second-order valence-electron chi connectivity index (χ2n) is 5.66. The SMILES string of the molecule is CCCC(=O)NCC(c1ccco1)N1CCc2ccccc21. The van der Waals surface area contributed by atoms with Crippen LogP contribution < -0.4 is 10.2 Å². The van der Waals surface area contributed by atoms with Crippen LogP contribution in [0.1, 0.15) is 37.1 Å². The highest BCUT2D eigenvalue weighted by atomic mass is 16.3. The summed E-state index contributed by atoms with van der Waals surface area (Å²) in [6.07, 6.45) is 4.17. The third kappa shape index (κ3) is 3.01. The van der Waals surface area contributed by atoms with Crippen LogP contribution in [0.2, 0.25) is 0 Å². The number of benzene rings is 1. The predicted molar refractivity (Wildman–Crippen MR) is 86.9 cm³/mol. The lowest BCUT2D eigenvalue weighted by Crippen LogP contribution is -2.37. The van der Waals surface area contributed by atoms with Crippen molar-refractivity contribution in [2.75, 3.05) is 18.0 Å². The quantitative estimate of drug-likeness (QED) is 0.890. The molecule has 0 bridgehead atoms. The molecule has 0 saturated carbocycles. The monoisotopic (exact) mass is 298 g/mol.